The highest BCUT2D eigenvalue weighted by molar-refractivity contribution is 6.35. The third kappa shape index (κ3) is 5.17. The zero-order valence-corrected chi connectivity index (χ0v) is 25.6. The van der Waals surface area contributed by atoms with Crippen molar-refractivity contribution in [3.8, 4) is 22.8 Å². The Kier molecular flexibility index (Phi) is 7.60. The molecule has 1 aliphatic carbocycles. The van der Waals surface area contributed by atoms with Crippen molar-refractivity contribution < 1.29 is 41.7 Å². The van der Waals surface area contributed by atoms with Crippen molar-refractivity contribution in [3.63, 3.8) is 0 Å². The number of nitrogens with zero attached hydrogens (tertiary/aromatic N) is 3. The van der Waals surface area contributed by atoms with Crippen LogP contribution in [0, 0.1) is 5.82 Å². The minimum atomic E-state index is -5.41. The first-order chi connectivity index (χ1) is 21.6. The molecular weight excluding hydrogens is 657 g/mol. The molecule has 2 amide bonds. The van der Waals surface area contributed by atoms with E-state index in [2.05, 4.69) is 15.4 Å². The molecule has 6 rings (SSSR count). The lowest BCUT2D eigenvalue weighted by atomic mass is 9.81. The predicted octanol–water partition coefficient (Wildman–Crippen LogP) is 5.20. The average Bonchev–Trinajstić information content (AvgIpc) is 3.67. The van der Waals surface area contributed by atoms with Crippen LogP contribution >= 0.6 is 23.2 Å². The van der Waals surface area contributed by atoms with Crippen molar-refractivity contribution in [3.05, 3.63) is 69.2 Å². The molecule has 2 aliphatic rings. The van der Waals surface area contributed by atoms with E-state index >= 15 is 0 Å². The fraction of sp³-hybridized carbons (Fsp3) is 0.333. The highest BCUT2D eigenvalue weighted by atomic mass is 35.5. The number of alkyl halides is 3. The predicted molar refractivity (Wildman–Crippen MR) is 159 cm³/mol. The number of carbonyl (C=O) groups excluding carboxylic acids is 2. The zero-order valence-electron chi connectivity index (χ0n) is 24.1. The molecule has 1 aliphatic heterocycles. The fourth-order valence-electron chi connectivity index (χ4n) is 5.27. The van der Waals surface area contributed by atoms with E-state index < -0.39 is 57.1 Å². The maximum absolute atomic E-state index is 14.8. The Morgan fingerprint density at radius 3 is 2.46 bits per heavy atom. The summed E-state index contributed by atoms with van der Waals surface area (Å²) in [6, 6.07) is 5.98. The maximum atomic E-state index is 14.8. The molecule has 2 atom stereocenters. The van der Waals surface area contributed by atoms with Gasteiger partial charge in [0.05, 0.1) is 35.4 Å². The van der Waals surface area contributed by atoms with Crippen molar-refractivity contribution in [2.75, 3.05) is 20.3 Å². The number of amides is 2. The highest BCUT2D eigenvalue weighted by Gasteiger charge is 2.57. The number of hydrogen-bond donors (Lipinski definition) is 3. The molecule has 10 nitrogen and oxygen atoms in total. The number of nitrogens with one attached hydrogen (secondary N) is 1. The van der Waals surface area contributed by atoms with Gasteiger partial charge in [0.1, 0.15) is 34.7 Å². The van der Waals surface area contributed by atoms with Gasteiger partial charge < -0.3 is 25.6 Å². The van der Waals surface area contributed by atoms with E-state index in [4.69, 9.17) is 38.4 Å². The average molecular weight is 682 g/mol. The molecule has 3 heterocycles. The number of fused-ring (bicyclic) bond motifs is 2. The Labute approximate surface area is 268 Å². The maximum Gasteiger partial charge on any atom is 0.424 e. The summed E-state index contributed by atoms with van der Waals surface area (Å²) in [5, 5.41) is 17.6. The molecule has 0 radical (unpaired) electrons. The third-order valence-corrected chi connectivity index (χ3v) is 8.82. The molecule has 0 spiro atoms. The van der Waals surface area contributed by atoms with E-state index in [1.54, 1.807) is 10.9 Å². The van der Waals surface area contributed by atoms with E-state index in [0.29, 0.717) is 10.9 Å². The summed E-state index contributed by atoms with van der Waals surface area (Å²) in [6.45, 7) is -0.398. The molecule has 2 aromatic carbocycles. The van der Waals surface area contributed by atoms with Crippen LogP contribution in [-0.2, 0) is 15.8 Å². The largest absolute Gasteiger partial charge is 0.494 e. The third-order valence-electron chi connectivity index (χ3n) is 8.27. The van der Waals surface area contributed by atoms with Crippen LogP contribution in [-0.4, -0.2) is 58.1 Å². The van der Waals surface area contributed by atoms with Gasteiger partial charge in [-0.3, -0.25) is 14.3 Å². The first-order valence-electron chi connectivity index (χ1n) is 13.8. The number of aliphatic hydroxyl groups is 1. The van der Waals surface area contributed by atoms with E-state index in [1.807, 2.05) is 0 Å². The van der Waals surface area contributed by atoms with Gasteiger partial charge in [-0.2, -0.15) is 18.3 Å². The molecule has 0 bridgehead atoms. The quantitative estimate of drug-likeness (QED) is 0.171. The fourth-order valence-corrected chi connectivity index (χ4v) is 5.75. The molecule has 1 fully saturated rings. The number of methoxy groups -OCH3 is 1. The smallest absolute Gasteiger partial charge is 0.424 e. The lowest BCUT2D eigenvalue weighted by Gasteiger charge is -2.31. The summed E-state index contributed by atoms with van der Waals surface area (Å²) in [5.74, 6) is -2.76. The van der Waals surface area contributed by atoms with Gasteiger partial charge in [0.15, 0.2) is 5.82 Å². The summed E-state index contributed by atoms with van der Waals surface area (Å²) in [7, 11) is 1.37. The molecule has 2 aromatic heterocycles. The van der Waals surface area contributed by atoms with Crippen molar-refractivity contribution in [2.24, 2.45) is 5.73 Å². The molecule has 1 saturated carbocycles. The van der Waals surface area contributed by atoms with Gasteiger partial charge >= 0.3 is 6.18 Å². The Morgan fingerprint density at radius 2 is 1.87 bits per heavy atom. The monoisotopic (exact) mass is 681 g/mol. The van der Waals surface area contributed by atoms with E-state index in [9.17, 15) is 32.3 Å². The van der Waals surface area contributed by atoms with Crippen molar-refractivity contribution in [1.29, 1.82) is 0 Å². The van der Waals surface area contributed by atoms with E-state index in [1.165, 1.54) is 26.2 Å². The van der Waals surface area contributed by atoms with Crippen LogP contribution in [0.4, 0.5) is 17.6 Å². The number of benzene rings is 2. The number of rotatable bonds is 8. The van der Waals surface area contributed by atoms with Crippen LogP contribution in [0.2, 0.25) is 10.0 Å². The summed E-state index contributed by atoms with van der Waals surface area (Å²) < 4.78 is 71.4. The number of halogens is 6. The zero-order chi connectivity index (χ0) is 33.3. The highest BCUT2D eigenvalue weighted by Crippen LogP contribution is 2.48. The van der Waals surface area contributed by atoms with Crippen LogP contribution in [0.5, 0.6) is 11.5 Å². The SMILES string of the molecule is COc1cc(C(=O)NC[C@](O)(c2cc3c(c(-c4cc(Cl)c(F)c(Cl)c4)n2)OC[C@]3(C)C(N)=O)C(F)(F)F)cc2cn(C3CC3)nc12. The van der Waals surface area contributed by atoms with Gasteiger partial charge in [-0.15, -0.1) is 0 Å². The van der Waals surface area contributed by atoms with E-state index in [0.717, 1.165) is 31.0 Å². The minimum Gasteiger partial charge on any atom is -0.494 e. The van der Waals surface area contributed by atoms with Gasteiger partial charge in [-0.25, -0.2) is 9.37 Å². The summed E-state index contributed by atoms with van der Waals surface area (Å²) in [5.41, 5.74) is -0.896. The van der Waals surface area contributed by atoms with Crippen LogP contribution in [0.3, 0.4) is 0 Å². The Morgan fingerprint density at radius 1 is 1.20 bits per heavy atom. The Bertz CT molecular complexity index is 1910. The van der Waals surface area contributed by atoms with Crippen LogP contribution < -0.4 is 20.5 Å². The van der Waals surface area contributed by atoms with Crippen LogP contribution in [0.25, 0.3) is 22.2 Å². The van der Waals surface area contributed by atoms with Crippen LogP contribution in [0.15, 0.2) is 36.5 Å². The normalized spacial score (nSPS) is 19.0. The van der Waals surface area contributed by atoms with Gasteiger partial charge in [0.25, 0.3) is 5.91 Å². The molecular formula is C30H25Cl2F4N5O5. The number of pyridine rings is 1. The molecule has 0 saturated heterocycles. The molecule has 242 valence electrons. The topological polar surface area (TPSA) is 142 Å². The molecule has 4 N–H and O–H groups in total. The van der Waals surface area contributed by atoms with Gasteiger partial charge in [0, 0.05) is 28.3 Å². The second-order valence-corrected chi connectivity index (χ2v) is 12.3. The first-order valence-corrected chi connectivity index (χ1v) is 14.6. The molecule has 4 aromatic rings. The summed E-state index contributed by atoms with van der Waals surface area (Å²) >= 11 is 11.9. The summed E-state index contributed by atoms with van der Waals surface area (Å²) in [4.78, 5) is 29.8. The molecule has 0 unspecified atom stereocenters. The standard InChI is InChI=1S/C30H25Cl2F4N5O5/c1-28(27(37)43)12-46-25-17(28)9-21(39-24(25)13-6-18(31)22(33)19(32)7-13)29(44,30(34,35)36)11-38-26(42)14-5-15-10-41(16-3-4-16)40-23(15)20(8-14)45-2/h5-10,16,44H,3-4,11-12H2,1-2H3,(H2,37,43)(H,38,42)/t28-,29-/m0/s1. The lowest BCUT2D eigenvalue weighted by Crippen LogP contribution is -2.51. The Hall–Kier alpha value is -4.14. The van der Waals surface area contributed by atoms with Crippen molar-refractivity contribution >= 4 is 45.9 Å². The number of hydrogen-bond acceptors (Lipinski definition) is 7. The van der Waals surface area contributed by atoms with Crippen LogP contribution in [0.1, 0.15) is 47.4 Å². The van der Waals surface area contributed by atoms with Gasteiger partial charge in [-0.1, -0.05) is 23.2 Å². The van der Waals surface area contributed by atoms with Crippen molar-refractivity contribution in [2.45, 2.75) is 43.0 Å². The molecule has 46 heavy (non-hydrogen) atoms. The number of primary amides is 1. The van der Waals surface area contributed by atoms with Crippen molar-refractivity contribution in [1.82, 2.24) is 20.1 Å². The number of ether oxygens (including phenoxy) is 2. The Balaban J connectivity index is 1.42. The molecule has 16 heteroatoms. The second kappa shape index (κ2) is 11.0. The van der Waals surface area contributed by atoms with E-state index in [-0.39, 0.29) is 46.5 Å². The first kappa shape index (κ1) is 31.8. The number of carbonyl (C=O) groups is 2. The second-order valence-electron chi connectivity index (χ2n) is 11.5. The summed E-state index contributed by atoms with van der Waals surface area (Å²) in [6.07, 6.45) is -1.79. The van der Waals surface area contributed by atoms with Gasteiger partial charge in [0.2, 0.25) is 11.5 Å². The van der Waals surface area contributed by atoms with Gasteiger partial charge in [-0.05, 0) is 50.1 Å². The number of aromatic nitrogens is 3. The number of nitrogens with two attached hydrogens (primary N) is 1. The minimum absolute atomic E-state index is 0.0443. The lowest BCUT2D eigenvalue weighted by molar-refractivity contribution is -0.265.